The molecule has 0 radical (unpaired) electrons. The molecular weight excluding hydrogens is 250 g/mol. The number of urea groups is 1. The van der Waals surface area contributed by atoms with Gasteiger partial charge in [-0.3, -0.25) is 9.59 Å². The second-order valence-electron chi connectivity index (χ2n) is 4.76. The van der Waals surface area contributed by atoms with E-state index in [-0.39, 0.29) is 18.4 Å². The fraction of sp³-hybridized carbons (Fsp3) is 0.750. The average Bonchev–Trinajstić information content (AvgIpc) is 2.35. The van der Waals surface area contributed by atoms with Crippen LogP contribution in [0.15, 0.2) is 0 Å². The molecule has 19 heavy (non-hydrogen) atoms. The number of rotatable bonds is 6. The Hall–Kier alpha value is -1.79. The highest BCUT2D eigenvalue weighted by Crippen LogP contribution is 2.04. The molecule has 0 heterocycles. The van der Waals surface area contributed by atoms with Gasteiger partial charge in [-0.15, -0.1) is 0 Å². The number of carbonyl (C=O) groups excluding carboxylic acids is 2. The highest BCUT2D eigenvalue weighted by atomic mass is 16.4. The lowest BCUT2D eigenvalue weighted by molar-refractivity contribution is -0.141. The van der Waals surface area contributed by atoms with Crippen LogP contribution in [0.3, 0.4) is 0 Å². The van der Waals surface area contributed by atoms with Gasteiger partial charge in [0.1, 0.15) is 0 Å². The molecule has 0 saturated carbocycles. The maximum atomic E-state index is 11.8. The van der Waals surface area contributed by atoms with Crippen LogP contribution >= 0.6 is 0 Å². The molecule has 0 bridgehead atoms. The lowest BCUT2D eigenvalue weighted by Crippen LogP contribution is -2.48. The van der Waals surface area contributed by atoms with E-state index in [1.165, 1.54) is 18.9 Å². The standard InChI is InChI=1S/C12H23N3O4/c1-7(10(16)13-4)6-15(5)12(19)14-9(3)8(2)11(17)18/h7-9H,6H2,1-5H3,(H,13,16)(H,14,19)(H,17,18). The maximum Gasteiger partial charge on any atom is 0.317 e. The molecule has 0 aliphatic carbocycles. The summed E-state index contributed by atoms with van der Waals surface area (Å²) in [6.07, 6.45) is 0. The zero-order valence-corrected chi connectivity index (χ0v) is 12.1. The minimum Gasteiger partial charge on any atom is -0.481 e. The largest absolute Gasteiger partial charge is 0.481 e. The third-order valence-corrected chi connectivity index (χ3v) is 3.08. The molecule has 0 aromatic rings. The van der Waals surface area contributed by atoms with Crippen LogP contribution in [0.5, 0.6) is 0 Å². The van der Waals surface area contributed by atoms with E-state index in [0.29, 0.717) is 0 Å². The van der Waals surface area contributed by atoms with E-state index in [2.05, 4.69) is 10.6 Å². The fourth-order valence-corrected chi connectivity index (χ4v) is 1.47. The number of hydrogen-bond donors (Lipinski definition) is 3. The molecule has 7 heteroatoms. The lowest BCUT2D eigenvalue weighted by atomic mass is 10.0. The summed E-state index contributed by atoms with van der Waals surface area (Å²) in [7, 11) is 3.10. The minimum atomic E-state index is -0.964. The molecule has 110 valence electrons. The quantitative estimate of drug-likeness (QED) is 0.640. The third-order valence-electron chi connectivity index (χ3n) is 3.08. The van der Waals surface area contributed by atoms with Crippen LogP contribution in [0, 0.1) is 11.8 Å². The summed E-state index contributed by atoms with van der Waals surface area (Å²) in [6, 6.07) is -0.876. The number of carboxylic acids is 1. The maximum absolute atomic E-state index is 11.8. The Morgan fingerprint density at radius 1 is 1.21 bits per heavy atom. The van der Waals surface area contributed by atoms with Crippen LogP contribution in [-0.2, 0) is 9.59 Å². The van der Waals surface area contributed by atoms with E-state index in [0.717, 1.165) is 0 Å². The van der Waals surface area contributed by atoms with Gasteiger partial charge in [0, 0.05) is 26.7 Å². The molecule has 0 spiro atoms. The molecule has 0 aromatic heterocycles. The van der Waals surface area contributed by atoms with E-state index >= 15 is 0 Å². The van der Waals surface area contributed by atoms with Crippen molar-refractivity contribution in [2.45, 2.75) is 26.8 Å². The van der Waals surface area contributed by atoms with Gasteiger partial charge >= 0.3 is 12.0 Å². The first-order valence-electron chi connectivity index (χ1n) is 6.16. The van der Waals surface area contributed by atoms with Crippen LogP contribution < -0.4 is 10.6 Å². The number of nitrogens with zero attached hydrogens (tertiary/aromatic N) is 1. The first kappa shape index (κ1) is 17.2. The van der Waals surface area contributed by atoms with Crippen LogP contribution in [0.1, 0.15) is 20.8 Å². The molecule has 0 aliphatic rings. The van der Waals surface area contributed by atoms with Gasteiger partial charge in [-0.2, -0.15) is 0 Å². The van der Waals surface area contributed by atoms with Crippen molar-refractivity contribution < 1.29 is 19.5 Å². The zero-order valence-electron chi connectivity index (χ0n) is 12.1. The Balaban J connectivity index is 4.35. The van der Waals surface area contributed by atoms with Gasteiger partial charge in [0.05, 0.1) is 11.8 Å². The number of carboxylic acid groups (broad SMARTS) is 1. The molecule has 0 rings (SSSR count). The molecule has 3 atom stereocenters. The van der Waals surface area contributed by atoms with Gasteiger partial charge in [-0.1, -0.05) is 6.92 Å². The summed E-state index contributed by atoms with van der Waals surface area (Å²) in [5, 5.41) is 13.9. The Bertz CT molecular complexity index is 346. The third kappa shape index (κ3) is 5.58. The summed E-state index contributed by atoms with van der Waals surface area (Å²) in [6.45, 7) is 5.14. The van der Waals surface area contributed by atoms with Gasteiger partial charge in [0.2, 0.25) is 5.91 Å². The summed E-state index contributed by atoms with van der Waals surface area (Å²) < 4.78 is 0. The molecule has 0 aromatic carbocycles. The van der Waals surface area contributed by atoms with Crippen molar-refractivity contribution in [1.82, 2.24) is 15.5 Å². The van der Waals surface area contributed by atoms with Crippen LogP contribution in [0.2, 0.25) is 0 Å². The molecule has 3 unspecified atom stereocenters. The Morgan fingerprint density at radius 3 is 2.16 bits per heavy atom. The van der Waals surface area contributed by atoms with Gasteiger partial charge in [-0.05, 0) is 13.8 Å². The van der Waals surface area contributed by atoms with E-state index in [9.17, 15) is 14.4 Å². The Labute approximate surface area is 113 Å². The highest BCUT2D eigenvalue weighted by Gasteiger charge is 2.23. The smallest absolute Gasteiger partial charge is 0.317 e. The van der Waals surface area contributed by atoms with Crippen molar-refractivity contribution in [3.8, 4) is 0 Å². The zero-order chi connectivity index (χ0) is 15.2. The van der Waals surface area contributed by atoms with E-state index < -0.39 is 24.0 Å². The van der Waals surface area contributed by atoms with E-state index in [1.807, 2.05) is 0 Å². The SMILES string of the molecule is CNC(=O)C(C)CN(C)C(=O)NC(C)C(C)C(=O)O. The van der Waals surface area contributed by atoms with Gasteiger partial charge in [0.25, 0.3) is 0 Å². The summed E-state index contributed by atoms with van der Waals surface area (Å²) in [5.74, 6) is -2.11. The van der Waals surface area contributed by atoms with E-state index in [4.69, 9.17) is 5.11 Å². The summed E-state index contributed by atoms with van der Waals surface area (Å²) >= 11 is 0. The van der Waals surface area contributed by atoms with Crippen LogP contribution in [-0.4, -0.2) is 54.6 Å². The summed E-state index contributed by atoms with van der Waals surface area (Å²) in [4.78, 5) is 35.3. The molecule has 7 nitrogen and oxygen atoms in total. The minimum absolute atomic E-state index is 0.147. The van der Waals surface area contributed by atoms with Crippen molar-refractivity contribution in [3.05, 3.63) is 0 Å². The monoisotopic (exact) mass is 273 g/mol. The van der Waals surface area contributed by atoms with Crippen molar-refractivity contribution in [2.75, 3.05) is 20.6 Å². The van der Waals surface area contributed by atoms with Crippen LogP contribution in [0.4, 0.5) is 4.79 Å². The summed E-state index contributed by atoms with van der Waals surface area (Å²) in [5.41, 5.74) is 0. The van der Waals surface area contributed by atoms with Gasteiger partial charge < -0.3 is 20.6 Å². The molecule has 3 amide bonds. The lowest BCUT2D eigenvalue weighted by Gasteiger charge is -2.25. The number of amides is 3. The fourth-order valence-electron chi connectivity index (χ4n) is 1.47. The molecule has 0 fully saturated rings. The van der Waals surface area contributed by atoms with Gasteiger partial charge in [-0.25, -0.2) is 4.79 Å². The second-order valence-corrected chi connectivity index (χ2v) is 4.76. The predicted octanol–water partition coefficient (Wildman–Crippen LogP) is 0.119. The highest BCUT2D eigenvalue weighted by molar-refractivity contribution is 5.80. The van der Waals surface area contributed by atoms with Gasteiger partial charge in [0.15, 0.2) is 0 Å². The van der Waals surface area contributed by atoms with Crippen molar-refractivity contribution in [3.63, 3.8) is 0 Å². The molecule has 3 N–H and O–H groups in total. The van der Waals surface area contributed by atoms with Crippen molar-refractivity contribution in [2.24, 2.45) is 11.8 Å². The molecule has 0 aliphatic heterocycles. The molecular formula is C12H23N3O4. The average molecular weight is 273 g/mol. The van der Waals surface area contributed by atoms with Crippen molar-refractivity contribution >= 4 is 17.9 Å². The second kappa shape index (κ2) is 7.60. The normalized spacial score (nSPS) is 15.0. The Morgan fingerprint density at radius 2 is 1.74 bits per heavy atom. The predicted molar refractivity (Wildman–Crippen MR) is 70.7 cm³/mol. The number of nitrogens with one attached hydrogen (secondary N) is 2. The van der Waals surface area contributed by atoms with Crippen molar-refractivity contribution in [1.29, 1.82) is 0 Å². The molecule has 0 saturated heterocycles. The van der Waals surface area contributed by atoms with E-state index in [1.54, 1.807) is 20.9 Å². The number of hydrogen-bond acceptors (Lipinski definition) is 3. The Kier molecular flexibility index (Phi) is 6.89. The first-order chi connectivity index (χ1) is 8.70. The van der Waals surface area contributed by atoms with Crippen LogP contribution in [0.25, 0.3) is 0 Å². The number of carbonyl (C=O) groups is 3. The first-order valence-corrected chi connectivity index (χ1v) is 6.16. The number of aliphatic carboxylic acids is 1. The topological polar surface area (TPSA) is 98.7 Å².